The number of hydrogen-bond donors (Lipinski definition) is 1. The molecule has 0 spiro atoms. The zero-order valence-electron chi connectivity index (χ0n) is 12.8. The molecule has 120 valence electrons. The normalized spacial score (nSPS) is 17.7. The molecule has 0 radical (unpaired) electrons. The van der Waals surface area contributed by atoms with Crippen LogP contribution in [0.15, 0.2) is 30.3 Å². The van der Waals surface area contributed by atoms with Crippen molar-refractivity contribution in [1.29, 1.82) is 0 Å². The minimum atomic E-state index is -0.297. The van der Waals surface area contributed by atoms with Gasteiger partial charge in [0.1, 0.15) is 6.61 Å². The molecular weight excluding hydrogens is 282 g/mol. The molecule has 1 aliphatic rings. The van der Waals surface area contributed by atoms with Gasteiger partial charge in [-0.05, 0) is 24.8 Å². The van der Waals surface area contributed by atoms with Crippen molar-refractivity contribution in [3.63, 3.8) is 0 Å². The maximum atomic E-state index is 11.7. The first kappa shape index (κ1) is 16.5. The quantitative estimate of drug-likeness (QED) is 0.781. The maximum absolute atomic E-state index is 11.7. The molecule has 1 aromatic rings. The maximum Gasteiger partial charge on any atom is 0.307 e. The number of rotatable bonds is 7. The van der Waals surface area contributed by atoms with Crippen molar-refractivity contribution in [1.82, 2.24) is 5.32 Å². The summed E-state index contributed by atoms with van der Waals surface area (Å²) in [5.41, 5.74) is 0.956. The minimum Gasteiger partial charge on any atom is -0.463 e. The predicted molar refractivity (Wildman–Crippen MR) is 82.3 cm³/mol. The van der Waals surface area contributed by atoms with Crippen LogP contribution in [0, 0.1) is 0 Å². The number of nitrogens with one attached hydrogen (secondary N) is 1. The van der Waals surface area contributed by atoms with Crippen molar-refractivity contribution >= 4 is 11.9 Å². The Kier molecular flexibility index (Phi) is 6.90. The average Bonchev–Trinajstić information content (AvgIpc) is 2.55. The number of ether oxygens (including phenoxy) is 2. The molecule has 1 N–H and O–H groups in total. The average molecular weight is 305 g/mol. The second-order valence-electron chi connectivity index (χ2n) is 5.43. The SMILES string of the molecule is O=C(Cc1ccccc1)NCCC(=O)OCC1CCCCO1. The summed E-state index contributed by atoms with van der Waals surface area (Å²) in [6, 6.07) is 9.50. The number of benzene rings is 1. The summed E-state index contributed by atoms with van der Waals surface area (Å²) >= 11 is 0. The van der Waals surface area contributed by atoms with E-state index in [0.717, 1.165) is 31.4 Å². The lowest BCUT2D eigenvalue weighted by Crippen LogP contribution is -2.29. The highest BCUT2D eigenvalue weighted by molar-refractivity contribution is 5.79. The van der Waals surface area contributed by atoms with Gasteiger partial charge in [0.05, 0.1) is 18.9 Å². The van der Waals surface area contributed by atoms with Gasteiger partial charge in [0, 0.05) is 13.2 Å². The second-order valence-corrected chi connectivity index (χ2v) is 5.43. The van der Waals surface area contributed by atoms with Gasteiger partial charge in [-0.2, -0.15) is 0 Å². The molecular formula is C17H23NO4. The van der Waals surface area contributed by atoms with E-state index in [2.05, 4.69) is 5.32 Å². The number of esters is 1. The fourth-order valence-corrected chi connectivity index (χ4v) is 2.34. The van der Waals surface area contributed by atoms with Crippen LogP contribution in [0.3, 0.4) is 0 Å². The predicted octanol–water partition coefficient (Wildman–Crippen LogP) is 1.85. The number of carbonyl (C=O) groups excluding carboxylic acids is 2. The monoisotopic (exact) mass is 305 g/mol. The Bertz CT molecular complexity index is 469. The molecule has 0 aliphatic carbocycles. The topological polar surface area (TPSA) is 64.6 Å². The summed E-state index contributed by atoms with van der Waals surface area (Å²) in [4.78, 5) is 23.3. The van der Waals surface area contributed by atoms with Crippen molar-refractivity contribution in [2.45, 2.75) is 38.2 Å². The molecule has 2 rings (SSSR count). The van der Waals surface area contributed by atoms with Crippen molar-refractivity contribution in [3.8, 4) is 0 Å². The van der Waals surface area contributed by atoms with Gasteiger partial charge in [-0.3, -0.25) is 9.59 Å². The van der Waals surface area contributed by atoms with Crippen LogP contribution in [0.1, 0.15) is 31.2 Å². The van der Waals surface area contributed by atoms with E-state index in [0.29, 0.717) is 19.6 Å². The van der Waals surface area contributed by atoms with Crippen molar-refractivity contribution in [2.24, 2.45) is 0 Å². The molecule has 1 fully saturated rings. The first-order valence-corrected chi connectivity index (χ1v) is 7.82. The molecule has 1 saturated heterocycles. The number of carbonyl (C=O) groups is 2. The van der Waals surface area contributed by atoms with Crippen LogP contribution in [-0.4, -0.2) is 37.7 Å². The third-order valence-electron chi connectivity index (χ3n) is 3.56. The molecule has 1 atom stereocenters. The van der Waals surface area contributed by atoms with Crippen molar-refractivity contribution in [2.75, 3.05) is 19.8 Å². The minimum absolute atomic E-state index is 0.0328. The lowest BCUT2D eigenvalue weighted by Gasteiger charge is -2.22. The first-order valence-electron chi connectivity index (χ1n) is 7.82. The lowest BCUT2D eigenvalue weighted by atomic mass is 10.1. The van der Waals surface area contributed by atoms with Gasteiger partial charge in [-0.1, -0.05) is 30.3 Å². The third-order valence-corrected chi connectivity index (χ3v) is 3.56. The van der Waals surface area contributed by atoms with Crippen LogP contribution < -0.4 is 5.32 Å². The zero-order chi connectivity index (χ0) is 15.6. The van der Waals surface area contributed by atoms with Gasteiger partial charge in [-0.15, -0.1) is 0 Å². The molecule has 22 heavy (non-hydrogen) atoms. The molecule has 1 aliphatic heterocycles. The third kappa shape index (κ3) is 6.26. The van der Waals surface area contributed by atoms with E-state index >= 15 is 0 Å². The highest BCUT2D eigenvalue weighted by Crippen LogP contribution is 2.12. The molecule has 0 saturated carbocycles. The molecule has 0 bridgehead atoms. The van der Waals surface area contributed by atoms with Gasteiger partial charge in [0.15, 0.2) is 0 Å². The summed E-state index contributed by atoms with van der Waals surface area (Å²) in [5, 5.41) is 2.73. The molecule has 1 amide bonds. The Morgan fingerprint density at radius 3 is 2.77 bits per heavy atom. The van der Waals surface area contributed by atoms with Crippen LogP contribution in [0.25, 0.3) is 0 Å². The molecule has 5 heteroatoms. The van der Waals surface area contributed by atoms with Gasteiger partial charge in [0.2, 0.25) is 5.91 Å². The lowest BCUT2D eigenvalue weighted by molar-refractivity contribution is -0.149. The first-order chi connectivity index (χ1) is 10.7. The Labute approximate surface area is 131 Å². The summed E-state index contributed by atoms with van der Waals surface area (Å²) in [6.45, 7) is 1.37. The fourth-order valence-electron chi connectivity index (χ4n) is 2.34. The number of hydrogen-bond acceptors (Lipinski definition) is 4. The van der Waals surface area contributed by atoms with Crippen LogP contribution >= 0.6 is 0 Å². The van der Waals surface area contributed by atoms with Crippen molar-refractivity contribution in [3.05, 3.63) is 35.9 Å². The van der Waals surface area contributed by atoms with E-state index in [-0.39, 0.29) is 24.4 Å². The highest BCUT2D eigenvalue weighted by Gasteiger charge is 2.15. The Morgan fingerprint density at radius 1 is 1.23 bits per heavy atom. The Morgan fingerprint density at radius 2 is 2.05 bits per heavy atom. The summed E-state index contributed by atoms with van der Waals surface area (Å²) in [7, 11) is 0. The summed E-state index contributed by atoms with van der Waals surface area (Å²) in [5.74, 6) is -0.385. The van der Waals surface area contributed by atoms with Gasteiger partial charge >= 0.3 is 5.97 Å². The standard InChI is InChI=1S/C17H23NO4/c19-16(12-14-6-2-1-3-7-14)18-10-9-17(20)22-13-15-8-4-5-11-21-15/h1-3,6-7,15H,4-5,8-13H2,(H,18,19). The smallest absolute Gasteiger partial charge is 0.307 e. The molecule has 1 unspecified atom stereocenters. The number of amides is 1. The van der Waals surface area contributed by atoms with Crippen LogP contribution in [0.5, 0.6) is 0 Å². The van der Waals surface area contributed by atoms with E-state index in [4.69, 9.17) is 9.47 Å². The summed E-state index contributed by atoms with van der Waals surface area (Å²) in [6.07, 6.45) is 3.70. The van der Waals surface area contributed by atoms with Crippen LogP contribution in [0.4, 0.5) is 0 Å². The largest absolute Gasteiger partial charge is 0.463 e. The van der Waals surface area contributed by atoms with Crippen LogP contribution in [-0.2, 0) is 25.5 Å². The molecule has 1 aromatic carbocycles. The van der Waals surface area contributed by atoms with E-state index in [1.54, 1.807) is 0 Å². The molecule has 1 heterocycles. The van der Waals surface area contributed by atoms with Crippen molar-refractivity contribution < 1.29 is 19.1 Å². The van der Waals surface area contributed by atoms with Crippen LogP contribution in [0.2, 0.25) is 0 Å². The van der Waals surface area contributed by atoms with E-state index < -0.39 is 0 Å². The molecule has 5 nitrogen and oxygen atoms in total. The highest BCUT2D eigenvalue weighted by atomic mass is 16.6. The second kappa shape index (κ2) is 9.20. The van der Waals surface area contributed by atoms with Gasteiger partial charge < -0.3 is 14.8 Å². The fraction of sp³-hybridized carbons (Fsp3) is 0.529. The zero-order valence-corrected chi connectivity index (χ0v) is 12.8. The Balaban J connectivity index is 1.55. The summed E-state index contributed by atoms with van der Waals surface area (Å²) < 4.78 is 10.7. The van der Waals surface area contributed by atoms with Gasteiger partial charge in [0.25, 0.3) is 0 Å². The van der Waals surface area contributed by atoms with E-state index in [1.807, 2.05) is 30.3 Å². The van der Waals surface area contributed by atoms with E-state index in [1.165, 1.54) is 0 Å². The van der Waals surface area contributed by atoms with E-state index in [9.17, 15) is 9.59 Å². The van der Waals surface area contributed by atoms with Gasteiger partial charge in [-0.25, -0.2) is 0 Å². The molecule has 0 aromatic heterocycles. The Hall–Kier alpha value is -1.88.